The van der Waals surface area contributed by atoms with Gasteiger partial charge in [0.1, 0.15) is 18.1 Å². The minimum atomic E-state index is 0.284. The highest BCUT2D eigenvalue weighted by Crippen LogP contribution is 2.27. The molecule has 0 atom stereocenters. The van der Waals surface area contributed by atoms with Crippen LogP contribution < -0.4 is 4.74 Å². The Kier molecular flexibility index (Phi) is 4.88. The molecule has 0 radical (unpaired) electrons. The Bertz CT molecular complexity index is 861. The number of aromatic nitrogens is 2. The van der Waals surface area contributed by atoms with Crippen LogP contribution in [0.1, 0.15) is 28.8 Å². The summed E-state index contributed by atoms with van der Waals surface area (Å²) in [5, 5.41) is 17.6. The molecule has 5 nitrogen and oxygen atoms in total. The van der Waals surface area contributed by atoms with Gasteiger partial charge in [0.15, 0.2) is 0 Å². The number of nitrogens with zero attached hydrogens (tertiary/aromatic N) is 2. The second kappa shape index (κ2) is 7.62. The van der Waals surface area contributed by atoms with E-state index in [9.17, 15) is 5.11 Å². The van der Waals surface area contributed by atoms with Crippen molar-refractivity contribution in [2.45, 2.75) is 32.5 Å². The standard InChI is InChI=1S/C21H23N3O2/c25-21-11-19(26-15-16-5-2-1-3-6-16)9-8-17(21)13-24-10-4-7-20-18(14-24)12-22-23-20/h1-3,5-6,8-9,11-12,25H,4,7,10,13-15H2,(H,22,23). The van der Waals surface area contributed by atoms with Crippen LogP contribution in [0.3, 0.4) is 0 Å². The SMILES string of the molecule is Oc1cc(OCc2ccccc2)ccc1CN1CCCc2[nH]ncc2C1. The van der Waals surface area contributed by atoms with E-state index in [-0.39, 0.29) is 5.75 Å². The normalized spacial score (nSPS) is 14.6. The second-order valence-electron chi connectivity index (χ2n) is 6.75. The molecule has 0 unspecified atom stereocenters. The fraction of sp³-hybridized carbons (Fsp3) is 0.286. The molecule has 0 bridgehead atoms. The first-order chi connectivity index (χ1) is 12.8. The summed E-state index contributed by atoms with van der Waals surface area (Å²) in [7, 11) is 0. The van der Waals surface area contributed by atoms with Crippen molar-refractivity contribution in [3.05, 3.63) is 77.1 Å². The van der Waals surface area contributed by atoms with Gasteiger partial charge in [-0.3, -0.25) is 10.00 Å². The lowest BCUT2D eigenvalue weighted by atomic mass is 10.1. The Labute approximate surface area is 153 Å². The first kappa shape index (κ1) is 16.7. The summed E-state index contributed by atoms with van der Waals surface area (Å²) < 4.78 is 5.79. The van der Waals surface area contributed by atoms with Crippen molar-refractivity contribution in [2.75, 3.05) is 6.54 Å². The summed E-state index contributed by atoms with van der Waals surface area (Å²) in [4.78, 5) is 2.35. The Morgan fingerprint density at radius 3 is 2.88 bits per heavy atom. The van der Waals surface area contributed by atoms with Crippen LogP contribution in [0.5, 0.6) is 11.5 Å². The molecule has 2 heterocycles. The number of aryl methyl sites for hydroxylation is 1. The molecule has 1 aliphatic rings. The molecule has 0 fully saturated rings. The molecule has 0 amide bonds. The van der Waals surface area contributed by atoms with Crippen LogP contribution in [0, 0.1) is 0 Å². The van der Waals surface area contributed by atoms with Crippen LogP contribution in [-0.2, 0) is 26.1 Å². The summed E-state index contributed by atoms with van der Waals surface area (Å²) in [5.74, 6) is 0.968. The second-order valence-corrected chi connectivity index (χ2v) is 6.75. The number of rotatable bonds is 5. The molecule has 0 saturated heterocycles. The number of hydrogen-bond donors (Lipinski definition) is 2. The van der Waals surface area contributed by atoms with Crippen LogP contribution >= 0.6 is 0 Å². The monoisotopic (exact) mass is 349 g/mol. The number of H-pyrrole nitrogens is 1. The average Bonchev–Trinajstić information content (AvgIpc) is 3.01. The predicted octanol–water partition coefficient (Wildman–Crippen LogP) is 3.64. The molecule has 0 aliphatic carbocycles. The van der Waals surface area contributed by atoms with E-state index in [1.54, 1.807) is 6.07 Å². The van der Waals surface area contributed by atoms with E-state index in [2.05, 4.69) is 15.1 Å². The van der Waals surface area contributed by atoms with Crippen molar-refractivity contribution in [1.29, 1.82) is 0 Å². The summed E-state index contributed by atoms with van der Waals surface area (Å²) in [6.07, 6.45) is 4.03. The first-order valence-corrected chi connectivity index (χ1v) is 9.00. The summed E-state index contributed by atoms with van der Waals surface area (Å²) in [5.41, 5.74) is 4.52. The third kappa shape index (κ3) is 3.89. The molecule has 4 rings (SSSR count). The average molecular weight is 349 g/mol. The van der Waals surface area contributed by atoms with Crippen molar-refractivity contribution in [1.82, 2.24) is 15.1 Å². The van der Waals surface area contributed by atoms with Crippen molar-refractivity contribution >= 4 is 0 Å². The van der Waals surface area contributed by atoms with E-state index in [0.717, 1.165) is 43.6 Å². The predicted molar refractivity (Wildman–Crippen MR) is 99.9 cm³/mol. The van der Waals surface area contributed by atoms with Crippen LogP contribution in [-0.4, -0.2) is 26.7 Å². The van der Waals surface area contributed by atoms with E-state index in [1.807, 2.05) is 48.7 Å². The summed E-state index contributed by atoms with van der Waals surface area (Å²) in [6.45, 7) is 3.08. The van der Waals surface area contributed by atoms with Gasteiger partial charge in [0.2, 0.25) is 0 Å². The molecule has 134 valence electrons. The number of benzene rings is 2. The molecular formula is C21H23N3O2. The van der Waals surface area contributed by atoms with Gasteiger partial charge < -0.3 is 9.84 Å². The van der Waals surface area contributed by atoms with Crippen molar-refractivity contribution in [2.24, 2.45) is 0 Å². The largest absolute Gasteiger partial charge is 0.507 e. The first-order valence-electron chi connectivity index (χ1n) is 9.00. The van der Waals surface area contributed by atoms with Gasteiger partial charge in [-0.1, -0.05) is 36.4 Å². The maximum atomic E-state index is 10.4. The van der Waals surface area contributed by atoms with Crippen molar-refractivity contribution in [3.63, 3.8) is 0 Å². The Balaban J connectivity index is 1.40. The number of fused-ring (bicyclic) bond motifs is 1. The fourth-order valence-corrected chi connectivity index (χ4v) is 3.37. The number of nitrogens with one attached hydrogen (secondary N) is 1. The lowest BCUT2D eigenvalue weighted by molar-refractivity contribution is 0.256. The third-order valence-electron chi connectivity index (χ3n) is 4.80. The molecular weight excluding hydrogens is 326 g/mol. The molecule has 0 saturated carbocycles. The lowest BCUT2D eigenvalue weighted by Gasteiger charge is -2.20. The molecule has 5 heteroatoms. The Hall–Kier alpha value is -2.79. The van der Waals surface area contributed by atoms with Gasteiger partial charge in [-0.15, -0.1) is 0 Å². The zero-order valence-corrected chi connectivity index (χ0v) is 14.7. The van der Waals surface area contributed by atoms with Gasteiger partial charge in [-0.2, -0.15) is 5.10 Å². The summed E-state index contributed by atoms with van der Waals surface area (Å²) in [6, 6.07) is 15.6. The minimum Gasteiger partial charge on any atom is -0.507 e. The van der Waals surface area contributed by atoms with Gasteiger partial charge in [-0.05, 0) is 31.0 Å². The van der Waals surface area contributed by atoms with Crippen molar-refractivity contribution < 1.29 is 9.84 Å². The van der Waals surface area contributed by atoms with Crippen LogP contribution in [0.2, 0.25) is 0 Å². The zero-order chi connectivity index (χ0) is 17.8. The van der Waals surface area contributed by atoms with Crippen LogP contribution in [0.25, 0.3) is 0 Å². The van der Waals surface area contributed by atoms with Gasteiger partial charge in [0, 0.05) is 36.0 Å². The highest BCUT2D eigenvalue weighted by molar-refractivity contribution is 5.40. The molecule has 0 spiro atoms. The highest BCUT2D eigenvalue weighted by Gasteiger charge is 2.17. The number of aromatic hydroxyl groups is 1. The number of phenolic OH excluding ortho intramolecular Hbond substituents is 1. The zero-order valence-electron chi connectivity index (χ0n) is 14.7. The van der Waals surface area contributed by atoms with E-state index >= 15 is 0 Å². The van der Waals surface area contributed by atoms with Gasteiger partial charge in [0.25, 0.3) is 0 Å². The van der Waals surface area contributed by atoms with E-state index in [0.29, 0.717) is 12.4 Å². The maximum absolute atomic E-state index is 10.4. The molecule has 3 aromatic rings. The Morgan fingerprint density at radius 1 is 1.15 bits per heavy atom. The third-order valence-corrected chi connectivity index (χ3v) is 4.80. The van der Waals surface area contributed by atoms with Crippen molar-refractivity contribution in [3.8, 4) is 11.5 Å². The minimum absolute atomic E-state index is 0.284. The van der Waals surface area contributed by atoms with E-state index in [4.69, 9.17) is 4.74 Å². The fourth-order valence-electron chi connectivity index (χ4n) is 3.37. The molecule has 26 heavy (non-hydrogen) atoms. The number of aromatic amines is 1. The quantitative estimate of drug-likeness (QED) is 0.738. The van der Waals surface area contributed by atoms with Gasteiger partial charge >= 0.3 is 0 Å². The lowest BCUT2D eigenvalue weighted by Crippen LogP contribution is -2.22. The van der Waals surface area contributed by atoms with E-state index in [1.165, 1.54) is 11.3 Å². The smallest absolute Gasteiger partial charge is 0.123 e. The highest BCUT2D eigenvalue weighted by atomic mass is 16.5. The summed E-state index contributed by atoms with van der Waals surface area (Å²) >= 11 is 0. The number of phenols is 1. The molecule has 1 aliphatic heterocycles. The maximum Gasteiger partial charge on any atom is 0.123 e. The number of ether oxygens (including phenoxy) is 1. The molecule has 2 N–H and O–H groups in total. The Morgan fingerprint density at radius 2 is 2.04 bits per heavy atom. The van der Waals surface area contributed by atoms with Crippen LogP contribution in [0.4, 0.5) is 0 Å². The van der Waals surface area contributed by atoms with Gasteiger partial charge in [-0.25, -0.2) is 0 Å². The van der Waals surface area contributed by atoms with Gasteiger partial charge in [0.05, 0.1) is 6.20 Å². The van der Waals surface area contributed by atoms with Crippen LogP contribution in [0.15, 0.2) is 54.7 Å². The molecule has 2 aromatic carbocycles. The number of hydrogen-bond acceptors (Lipinski definition) is 4. The topological polar surface area (TPSA) is 61.4 Å². The molecule has 1 aromatic heterocycles. The van der Waals surface area contributed by atoms with E-state index < -0.39 is 0 Å².